The molecular weight excluding hydrogens is 232 g/mol. The van der Waals surface area contributed by atoms with E-state index in [1.54, 1.807) is 23.7 Å². The van der Waals surface area contributed by atoms with Gasteiger partial charge in [0, 0.05) is 24.4 Å². The predicted molar refractivity (Wildman–Crippen MR) is 72.3 cm³/mol. The molecule has 17 heavy (non-hydrogen) atoms. The number of nitrogen functional groups attached to an aromatic ring is 1. The van der Waals surface area contributed by atoms with Crippen LogP contribution in [0.5, 0.6) is 0 Å². The van der Waals surface area contributed by atoms with Gasteiger partial charge in [0.1, 0.15) is 0 Å². The first-order chi connectivity index (χ1) is 8.16. The quantitative estimate of drug-likeness (QED) is 0.901. The Morgan fingerprint density at radius 2 is 2.12 bits per heavy atom. The van der Waals surface area contributed by atoms with Gasteiger partial charge in [0.2, 0.25) is 5.95 Å². The van der Waals surface area contributed by atoms with Gasteiger partial charge in [-0.1, -0.05) is 6.07 Å². The molecule has 1 atom stereocenters. The van der Waals surface area contributed by atoms with Crippen LogP contribution in [0.15, 0.2) is 29.9 Å². The van der Waals surface area contributed by atoms with Gasteiger partial charge in [-0.3, -0.25) is 0 Å². The molecule has 0 aliphatic heterocycles. The molecule has 0 radical (unpaired) electrons. The largest absolute Gasteiger partial charge is 0.396 e. The van der Waals surface area contributed by atoms with Crippen molar-refractivity contribution in [2.75, 3.05) is 17.7 Å². The Kier molecular flexibility index (Phi) is 3.58. The summed E-state index contributed by atoms with van der Waals surface area (Å²) in [6, 6.07) is 4.59. The molecule has 2 heterocycles. The number of thiophene rings is 1. The molecule has 2 rings (SSSR count). The van der Waals surface area contributed by atoms with Gasteiger partial charge in [-0.25, -0.2) is 9.97 Å². The molecule has 0 bridgehead atoms. The molecule has 0 aliphatic carbocycles. The average Bonchev–Trinajstić information content (AvgIpc) is 2.82. The summed E-state index contributed by atoms with van der Waals surface area (Å²) in [4.78, 5) is 11.9. The molecule has 0 saturated carbocycles. The van der Waals surface area contributed by atoms with Crippen molar-refractivity contribution in [2.24, 2.45) is 0 Å². The molecule has 0 aromatic carbocycles. The van der Waals surface area contributed by atoms with Crippen molar-refractivity contribution < 1.29 is 0 Å². The normalized spacial score (nSPS) is 12.4. The molecule has 5 heteroatoms. The van der Waals surface area contributed by atoms with E-state index in [2.05, 4.69) is 39.3 Å². The van der Waals surface area contributed by atoms with E-state index >= 15 is 0 Å². The van der Waals surface area contributed by atoms with E-state index in [0.717, 1.165) is 6.42 Å². The summed E-state index contributed by atoms with van der Waals surface area (Å²) < 4.78 is 0. The van der Waals surface area contributed by atoms with Gasteiger partial charge in [0.25, 0.3) is 0 Å². The molecule has 2 aromatic rings. The summed E-state index contributed by atoms with van der Waals surface area (Å²) in [5, 5.41) is 2.10. The highest BCUT2D eigenvalue weighted by Crippen LogP contribution is 2.16. The van der Waals surface area contributed by atoms with Crippen molar-refractivity contribution in [3.8, 4) is 0 Å². The molecule has 90 valence electrons. The Morgan fingerprint density at radius 1 is 1.41 bits per heavy atom. The molecule has 0 fully saturated rings. The number of nitrogens with zero attached hydrogens (tertiary/aromatic N) is 3. The highest BCUT2D eigenvalue weighted by molar-refractivity contribution is 7.09. The first-order valence-corrected chi connectivity index (χ1v) is 6.37. The summed E-state index contributed by atoms with van der Waals surface area (Å²) >= 11 is 1.78. The molecule has 0 amide bonds. The minimum atomic E-state index is 0.359. The molecule has 0 aliphatic rings. The standard InChI is InChI=1S/C12H16N4S/c1-9(6-11-4-3-5-17-11)16(2)12-14-7-10(13)8-15-12/h3-5,7-9H,6,13H2,1-2H3. The van der Waals surface area contributed by atoms with Crippen molar-refractivity contribution in [3.05, 3.63) is 34.8 Å². The highest BCUT2D eigenvalue weighted by Gasteiger charge is 2.13. The third kappa shape index (κ3) is 2.94. The second-order valence-corrected chi connectivity index (χ2v) is 5.09. The van der Waals surface area contributed by atoms with Gasteiger partial charge in [-0.05, 0) is 18.4 Å². The van der Waals surface area contributed by atoms with E-state index in [9.17, 15) is 0 Å². The van der Waals surface area contributed by atoms with Gasteiger partial charge < -0.3 is 10.6 Å². The Labute approximate surface area is 105 Å². The third-order valence-electron chi connectivity index (χ3n) is 2.71. The van der Waals surface area contributed by atoms with E-state index in [1.807, 2.05) is 7.05 Å². The number of likely N-dealkylation sites (N-methyl/N-ethyl adjacent to an activating group) is 1. The zero-order chi connectivity index (χ0) is 12.3. The first kappa shape index (κ1) is 11.9. The lowest BCUT2D eigenvalue weighted by Crippen LogP contribution is -2.31. The van der Waals surface area contributed by atoms with Crippen molar-refractivity contribution >= 4 is 23.0 Å². The SMILES string of the molecule is CC(Cc1cccs1)N(C)c1ncc(N)cn1. The van der Waals surface area contributed by atoms with Gasteiger partial charge in [0.05, 0.1) is 18.1 Å². The molecule has 2 N–H and O–H groups in total. The number of anilines is 2. The lowest BCUT2D eigenvalue weighted by molar-refractivity contribution is 0.671. The number of rotatable bonds is 4. The van der Waals surface area contributed by atoms with E-state index in [1.165, 1.54) is 4.88 Å². The lowest BCUT2D eigenvalue weighted by atomic mass is 10.2. The number of hydrogen-bond acceptors (Lipinski definition) is 5. The van der Waals surface area contributed by atoms with Crippen LogP contribution >= 0.6 is 11.3 Å². The van der Waals surface area contributed by atoms with Crippen LogP contribution in [0, 0.1) is 0 Å². The maximum atomic E-state index is 5.57. The maximum Gasteiger partial charge on any atom is 0.225 e. The Hall–Kier alpha value is -1.62. The van der Waals surface area contributed by atoms with Crippen molar-refractivity contribution in [2.45, 2.75) is 19.4 Å². The van der Waals surface area contributed by atoms with Crippen molar-refractivity contribution in [1.82, 2.24) is 9.97 Å². The van der Waals surface area contributed by atoms with Gasteiger partial charge in [-0.15, -0.1) is 11.3 Å². The molecule has 0 saturated heterocycles. The van der Waals surface area contributed by atoms with Crippen LogP contribution in [0.25, 0.3) is 0 Å². The number of nitrogens with two attached hydrogens (primary N) is 1. The summed E-state index contributed by atoms with van der Waals surface area (Å²) in [5.41, 5.74) is 6.16. The Morgan fingerprint density at radius 3 is 2.71 bits per heavy atom. The van der Waals surface area contributed by atoms with Crippen LogP contribution in [-0.2, 0) is 6.42 Å². The Balaban J connectivity index is 2.04. The van der Waals surface area contributed by atoms with Crippen LogP contribution in [0.3, 0.4) is 0 Å². The summed E-state index contributed by atoms with van der Waals surface area (Å²) in [7, 11) is 2.00. The fraction of sp³-hybridized carbons (Fsp3) is 0.333. The summed E-state index contributed by atoms with van der Waals surface area (Å²) in [5.74, 6) is 0.711. The fourth-order valence-corrected chi connectivity index (χ4v) is 2.39. The van der Waals surface area contributed by atoms with Crippen LogP contribution in [0.4, 0.5) is 11.6 Å². The van der Waals surface area contributed by atoms with Crippen molar-refractivity contribution in [3.63, 3.8) is 0 Å². The molecule has 0 spiro atoms. The fourth-order valence-electron chi connectivity index (χ4n) is 1.57. The monoisotopic (exact) mass is 248 g/mol. The van der Waals surface area contributed by atoms with Crippen LogP contribution in [0.1, 0.15) is 11.8 Å². The van der Waals surface area contributed by atoms with Crippen LogP contribution in [0.2, 0.25) is 0 Å². The van der Waals surface area contributed by atoms with Gasteiger partial charge in [-0.2, -0.15) is 0 Å². The van der Waals surface area contributed by atoms with Gasteiger partial charge in [0.15, 0.2) is 0 Å². The van der Waals surface area contributed by atoms with E-state index in [0.29, 0.717) is 17.7 Å². The molecule has 2 aromatic heterocycles. The highest BCUT2D eigenvalue weighted by atomic mass is 32.1. The second-order valence-electron chi connectivity index (χ2n) is 4.06. The van der Waals surface area contributed by atoms with Crippen molar-refractivity contribution in [1.29, 1.82) is 0 Å². The summed E-state index contributed by atoms with van der Waals surface area (Å²) in [6.45, 7) is 2.17. The zero-order valence-corrected chi connectivity index (χ0v) is 10.8. The number of hydrogen-bond donors (Lipinski definition) is 1. The Bertz CT molecular complexity index is 452. The first-order valence-electron chi connectivity index (χ1n) is 5.49. The summed E-state index contributed by atoms with van der Waals surface area (Å²) in [6.07, 6.45) is 4.27. The minimum Gasteiger partial charge on any atom is -0.396 e. The second kappa shape index (κ2) is 5.14. The minimum absolute atomic E-state index is 0.359. The number of aromatic nitrogens is 2. The van der Waals surface area contributed by atoms with Gasteiger partial charge >= 0.3 is 0 Å². The van der Waals surface area contributed by atoms with E-state index < -0.39 is 0 Å². The topological polar surface area (TPSA) is 55.0 Å². The lowest BCUT2D eigenvalue weighted by Gasteiger charge is -2.24. The average molecular weight is 248 g/mol. The third-order valence-corrected chi connectivity index (χ3v) is 3.61. The smallest absolute Gasteiger partial charge is 0.225 e. The van der Waals surface area contributed by atoms with E-state index in [-0.39, 0.29) is 0 Å². The van der Waals surface area contributed by atoms with E-state index in [4.69, 9.17) is 5.73 Å². The molecule has 4 nitrogen and oxygen atoms in total. The van der Waals surface area contributed by atoms with Crippen LogP contribution < -0.4 is 10.6 Å². The predicted octanol–water partition coefficient (Wildman–Crippen LogP) is 2.19. The maximum absolute atomic E-state index is 5.57. The molecule has 1 unspecified atom stereocenters. The van der Waals surface area contributed by atoms with Crippen LogP contribution in [-0.4, -0.2) is 23.1 Å². The zero-order valence-electron chi connectivity index (χ0n) is 10.00. The molecular formula is C12H16N4S.